The Kier molecular flexibility index (Phi) is 11.5. The first-order valence-corrected chi connectivity index (χ1v) is 10.2. The second kappa shape index (κ2) is 13.6. The number of methoxy groups -OCH3 is 1. The summed E-state index contributed by atoms with van der Waals surface area (Å²) in [5, 5.41) is 5.32. The van der Waals surface area contributed by atoms with Gasteiger partial charge >= 0.3 is 12.1 Å². The summed E-state index contributed by atoms with van der Waals surface area (Å²) < 4.78 is 10.0. The van der Waals surface area contributed by atoms with Gasteiger partial charge in [-0.1, -0.05) is 76.8 Å². The highest BCUT2D eigenvalue weighted by atomic mass is 16.5. The maximum absolute atomic E-state index is 12.7. The van der Waals surface area contributed by atoms with Gasteiger partial charge in [-0.3, -0.25) is 4.79 Å². The summed E-state index contributed by atoms with van der Waals surface area (Å²) in [4.78, 5) is 36.9. The van der Waals surface area contributed by atoms with Gasteiger partial charge in [-0.2, -0.15) is 0 Å². The maximum atomic E-state index is 12.7. The highest BCUT2D eigenvalue weighted by Gasteiger charge is 2.29. The lowest BCUT2D eigenvalue weighted by molar-refractivity contribution is -0.145. The van der Waals surface area contributed by atoms with Crippen LogP contribution in [-0.4, -0.2) is 37.2 Å². The summed E-state index contributed by atoms with van der Waals surface area (Å²) in [6, 6.07) is 7.73. The van der Waals surface area contributed by atoms with Crippen molar-refractivity contribution in [2.75, 3.05) is 7.11 Å². The van der Waals surface area contributed by atoms with Gasteiger partial charge in [0.05, 0.1) is 7.11 Å². The number of benzene rings is 1. The first-order chi connectivity index (χ1) is 13.9. The van der Waals surface area contributed by atoms with Crippen molar-refractivity contribution < 1.29 is 23.9 Å². The maximum Gasteiger partial charge on any atom is 0.408 e. The zero-order valence-corrected chi connectivity index (χ0v) is 17.9. The van der Waals surface area contributed by atoms with Crippen LogP contribution in [0.5, 0.6) is 0 Å². The van der Waals surface area contributed by atoms with Crippen molar-refractivity contribution in [2.24, 2.45) is 5.92 Å². The molecule has 0 unspecified atom stereocenters. The lowest BCUT2D eigenvalue weighted by atomic mass is 10.0. The molecule has 0 spiro atoms. The molecule has 29 heavy (non-hydrogen) atoms. The van der Waals surface area contributed by atoms with Crippen molar-refractivity contribution in [2.45, 2.75) is 71.6 Å². The summed E-state index contributed by atoms with van der Waals surface area (Å²) in [5.74, 6) is -1.09. The molecule has 0 bridgehead atoms. The summed E-state index contributed by atoms with van der Waals surface area (Å²) in [6.45, 7) is 5.85. The minimum atomic E-state index is -0.818. The Bertz CT molecular complexity index is 633. The number of carbonyl (C=O) groups is 3. The van der Waals surface area contributed by atoms with E-state index in [1.54, 1.807) is 0 Å². The smallest absolute Gasteiger partial charge is 0.408 e. The van der Waals surface area contributed by atoms with E-state index in [-0.39, 0.29) is 12.5 Å². The number of amides is 2. The van der Waals surface area contributed by atoms with Crippen LogP contribution in [0.3, 0.4) is 0 Å². The van der Waals surface area contributed by atoms with Crippen LogP contribution in [0.15, 0.2) is 30.3 Å². The van der Waals surface area contributed by atoms with Crippen molar-refractivity contribution in [3.05, 3.63) is 35.9 Å². The molecule has 0 saturated carbocycles. The topological polar surface area (TPSA) is 93.7 Å². The number of unbranched alkanes of at least 4 members (excludes halogenated alkanes) is 3. The van der Waals surface area contributed by atoms with Crippen LogP contribution < -0.4 is 10.6 Å². The van der Waals surface area contributed by atoms with E-state index in [1.807, 2.05) is 44.2 Å². The highest BCUT2D eigenvalue weighted by molar-refractivity contribution is 5.89. The third-order valence-electron chi connectivity index (χ3n) is 4.58. The van der Waals surface area contributed by atoms with Crippen molar-refractivity contribution in [1.29, 1.82) is 0 Å². The van der Waals surface area contributed by atoms with Gasteiger partial charge < -0.3 is 20.1 Å². The minimum absolute atomic E-state index is 0.112. The zero-order valence-electron chi connectivity index (χ0n) is 17.9. The van der Waals surface area contributed by atoms with Crippen LogP contribution in [0.4, 0.5) is 4.79 Å². The molecule has 0 aliphatic rings. The van der Waals surface area contributed by atoms with Gasteiger partial charge in [-0.15, -0.1) is 0 Å². The molecule has 0 radical (unpaired) electrons. The SMILES string of the molecule is CCCCCC[C@@H](NC(=O)[C@@H](NC(=O)OCc1ccccc1)C(C)C)C(=O)OC. The molecule has 0 heterocycles. The van der Waals surface area contributed by atoms with E-state index in [0.717, 1.165) is 31.2 Å². The number of alkyl carbamates (subject to hydrolysis) is 1. The molecule has 1 rings (SSSR count). The Hall–Kier alpha value is -2.57. The van der Waals surface area contributed by atoms with E-state index < -0.39 is 30.1 Å². The summed E-state index contributed by atoms with van der Waals surface area (Å²) in [6.07, 6.45) is 3.77. The fourth-order valence-corrected chi connectivity index (χ4v) is 2.85. The molecule has 0 aromatic heterocycles. The summed E-state index contributed by atoms with van der Waals surface area (Å²) >= 11 is 0. The molecule has 1 aromatic rings. The zero-order chi connectivity index (χ0) is 21.6. The number of hydrogen-bond acceptors (Lipinski definition) is 5. The summed E-state index contributed by atoms with van der Waals surface area (Å²) in [7, 11) is 1.30. The average molecular weight is 407 g/mol. The van der Waals surface area contributed by atoms with Gasteiger partial charge in [-0.05, 0) is 17.9 Å². The van der Waals surface area contributed by atoms with Gasteiger partial charge in [0.2, 0.25) is 5.91 Å². The third kappa shape index (κ3) is 9.45. The van der Waals surface area contributed by atoms with E-state index in [9.17, 15) is 14.4 Å². The van der Waals surface area contributed by atoms with Crippen molar-refractivity contribution >= 4 is 18.0 Å². The van der Waals surface area contributed by atoms with Crippen LogP contribution in [-0.2, 0) is 25.7 Å². The molecule has 0 saturated heterocycles. The van der Waals surface area contributed by atoms with Crippen molar-refractivity contribution in [3.8, 4) is 0 Å². The molecular weight excluding hydrogens is 372 g/mol. The highest BCUT2D eigenvalue weighted by Crippen LogP contribution is 2.09. The predicted molar refractivity (Wildman–Crippen MR) is 111 cm³/mol. The standard InChI is InChI=1S/C22H34N2O5/c1-5-6-7-11-14-18(21(26)28-4)23-20(25)19(16(2)3)24-22(27)29-15-17-12-9-8-10-13-17/h8-10,12-13,16,18-19H,5-7,11,14-15H2,1-4H3,(H,23,25)(H,24,27)/t18-,19+/m1/s1. The van der Waals surface area contributed by atoms with E-state index in [2.05, 4.69) is 17.6 Å². The lowest BCUT2D eigenvalue weighted by Crippen LogP contribution is -2.53. The molecule has 2 N–H and O–H groups in total. The fourth-order valence-electron chi connectivity index (χ4n) is 2.85. The average Bonchev–Trinajstić information content (AvgIpc) is 2.72. The van der Waals surface area contributed by atoms with E-state index in [0.29, 0.717) is 6.42 Å². The largest absolute Gasteiger partial charge is 0.467 e. The number of hydrogen-bond donors (Lipinski definition) is 2. The monoisotopic (exact) mass is 406 g/mol. The number of rotatable bonds is 12. The first kappa shape index (κ1) is 24.5. The minimum Gasteiger partial charge on any atom is -0.467 e. The summed E-state index contributed by atoms with van der Waals surface area (Å²) in [5.41, 5.74) is 0.853. The van der Waals surface area contributed by atoms with Crippen LogP contribution in [0.25, 0.3) is 0 Å². The van der Waals surface area contributed by atoms with Crippen LogP contribution >= 0.6 is 0 Å². The second-order valence-electron chi connectivity index (χ2n) is 7.36. The number of carbonyl (C=O) groups excluding carboxylic acids is 3. The first-order valence-electron chi connectivity index (χ1n) is 10.2. The number of esters is 1. The van der Waals surface area contributed by atoms with Gasteiger partial charge in [-0.25, -0.2) is 9.59 Å². The molecule has 0 aliphatic carbocycles. The van der Waals surface area contributed by atoms with Crippen LogP contribution in [0, 0.1) is 5.92 Å². The van der Waals surface area contributed by atoms with E-state index >= 15 is 0 Å². The Balaban J connectivity index is 2.63. The molecular formula is C22H34N2O5. The number of ether oxygens (including phenoxy) is 2. The molecule has 162 valence electrons. The predicted octanol–water partition coefficient (Wildman–Crippen LogP) is 3.57. The van der Waals surface area contributed by atoms with Crippen molar-refractivity contribution in [1.82, 2.24) is 10.6 Å². The van der Waals surface area contributed by atoms with E-state index in [1.165, 1.54) is 7.11 Å². The second-order valence-corrected chi connectivity index (χ2v) is 7.36. The van der Waals surface area contributed by atoms with Gasteiger partial charge in [0, 0.05) is 0 Å². The van der Waals surface area contributed by atoms with Gasteiger partial charge in [0.15, 0.2) is 0 Å². The molecule has 2 amide bonds. The van der Waals surface area contributed by atoms with Gasteiger partial charge in [0.25, 0.3) is 0 Å². The third-order valence-corrected chi connectivity index (χ3v) is 4.58. The molecule has 7 heteroatoms. The van der Waals surface area contributed by atoms with Crippen LogP contribution in [0.1, 0.15) is 58.4 Å². The van der Waals surface area contributed by atoms with Crippen LogP contribution in [0.2, 0.25) is 0 Å². The Morgan fingerprint density at radius 3 is 2.28 bits per heavy atom. The molecule has 1 aromatic carbocycles. The quantitative estimate of drug-likeness (QED) is 0.409. The Morgan fingerprint density at radius 2 is 1.69 bits per heavy atom. The van der Waals surface area contributed by atoms with Crippen molar-refractivity contribution in [3.63, 3.8) is 0 Å². The molecule has 0 aliphatic heterocycles. The van der Waals surface area contributed by atoms with Gasteiger partial charge in [0.1, 0.15) is 18.7 Å². The Labute approximate surface area is 173 Å². The lowest BCUT2D eigenvalue weighted by Gasteiger charge is -2.24. The Morgan fingerprint density at radius 1 is 1.00 bits per heavy atom. The molecule has 7 nitrogen and oxygen atoms in total. The normalized spacial score (nSPS) is 12.7. The number of nitrogens with one attached hydrogen (secondary N) is 2. The van der Waals surface area contributed by atoms with E-state index in [4.69, 9.17) is 9.47 Å². The fraction of sp³-hybridized carbons (Fsp3) is 0.591. The molecule has 2 atom stereocenters. The molecule has 0 fully saturated rings.